The van der Waals surface area contributed by atoms with Crippen LogP contribution >= 0.6 is 0 Å². The summed E-state index contributed by atoms with van der Waals surface area (Å²) in [5, 5.41) is 0. The number of ether oxygens (including phenoxy) is 1. The van der Waals surface area contributed by atoms with E-state index < -0.39 is 0 Å². The van der Waals surface area contributed by atoms with Gasteiger partial charge in [0.15, 0.2) is 0 Å². The Morgan fingerprint density at radius 2 is 2.25 bits per heavy atom. The van der Waals surface area contributed by atoms with Crippen LogP contribution in [0.3, 0.4) is 0 Å². The van der Waals surface area contributed by atoms with E-state index in [9.17, 15) is 4.79 Å². The number of carbonyl (C=O) groups excluding carboxylic acids is 1. The summed E-state index contributed by atoms with van der Waals surface area (Å²) in [6, 6.07) is 0. The topological polar surface area (TPSA) is 26.3 Å². The van der Waals surface area contributed by atoms with Gasteiger partial charge in [0.2, 0.25) is 0 Å². The zero-order valence-electron chi connectivity index (χ0n) is 7.75. The van der Waals surface area contributed by atoms with Crippen LogP contribution in [-0.4, -0.2) is 12.1 Å². The molecule has 0 radical (unpaired) electrons. The molecule has 0 aromatic rings. The average Bonchev–Trinajstić information content (AvgIpc) is 2.55. The molecule has 2 heteroatoms. The van der Waals surface area contributed by atoms with Crippen molar-refractivity contribution in [2.45, 2.75) is 39.2 Å². The molecule has 2 aliphatic rings. The van der Waals surface area contributed by atoms with Crippen LogP contribution in [0.15, 0.2) is 0 Å². The first-order valence-corrected chi connectivity index (χ1v) is 4.92. The molecule has 0 aromatic carbocycles. The highest BCUT2D eigenvalue weighted by Crippen LogP contribution is 2.44. The molecule has 0 amide bonds. The Labute approximate surface area is 73.3 Å². The van der Waals surface area contributed by atoms with Gasteiger partial charge in [-0.2, -0.15) is 0 Å². The summed E-state index contributed by atoms with van der Waals surface area (Å²) in [6.07, 6.45) is 3.81. The number of carbonyl (C=O) groups is 1. The van der Waals surface area contributed by atoms with Gasteiger partial charge in [-0.25, -0.2) is 0 Å². The minimum absolute atomic E-state index is 0.0274. The van der Waals surface area contributed by atoms with Crippen molar-refractivity contribution < 1.29 is 9.53 Å². The normalized spacial score (nSPS) is 46.0. The minimum Gasteiger partial charge on any atom is -0.462 e. The number of esters is 1. The molecular formula is C10H16O2. The van der Waals surface area contributed by atoms with Gasteiger partial charge in [0.05, 0.1) is 5.92 Å². The fourth-order valence-corrected chi connectivity index (χ4v) is 2.56. The van der Waals surface area contributed by atoms with Crippen molar-refractivity contribution in [1.29, 1.82) is 0 Å². The third-order valence-electron chi connectivity index (χ3n) is 3.51. The predicted molar refractivity (Wildman–Crippen MR) is 45.5 cm³/mol. The molecule has 4 unspecified atom stereocenters. The van der Waals surface area contributed by atoms with Crippen LogP contribution in [-0.2, 0) is 9.53 Å². The van der Waals surface area contributed by atoms with Crippen molar-refractivity contribution in [2.24, 2.45) is 17.8 Å². The molecule has 1 saturated heterocycles. The first-order valence-electron chi connectivity index (χ1n) is 4.92. The van der Waals surface area contributed by atoms with Gasteiger partial charge < -0.3 is 4.74 Å². The monoisotopic (exact) mass is 168 g/mol. The lowest BCUT2D eigenvalue weighted by Crippen LogP contribution is -2.12. The molecule has 0 spiro atoms. The fourth-order valence-electron chi connectivity index (χ4n) is 2.56. The molecule has 1 aliphatic carbocycles. The van der Waals surface area contributed by atoms with Crippen molar-refractivity contribution in [1.82, 2.24) is 0 Å². The molecule has 1 heterocycles. The largest absolute Gasteiger partial charge is 0.462 e. The lowest BCUT2D eigenvalue weighted by atomic mass is 9.92. The summed E-state index contributed by atoms with van der Waals surface area (Å²) in [6.45, 7) is 4.23. The predicted octanol–water partition coefficient (Wildman–Crippen LogP) is 1.98. The van der Waals surface area contributed by atoms with Gasteiger partial charge >= 0.3 is 5.97 Å². The molecule has 2 rings (SSSR count). The van der Waals surface area contributed by atoms with E-state index >= 15 is 0 Å². The fraction of sp³-hybridized carbons (Fsp3) is 0.900. The first kappa shape index (κ1) is 8.09. The molecule has 68 valence electrons. The van der Waals surface area contributed by atoms with Crippen molar-refractivity contribution in [3.8, 4) is 0 Å². The zero-order chi connectivity index (χ0) is 8.72. The highest BCUT2D eigenvalue weighted by Gasteiger charge is 2.47. The van der Waals surface area contributed by atoms with Crippen LogP contribution in [0, 0.1) is 17.8 Å². The Bertz CT molecular complexity index is 200. The maximum Gasteiger partial charge on any atom is 0.309 e. The van der Waals surface area contributed by atoms with E-state index in [1.807, 2.05) is 6.92 Å². The standard InChI is InChI=1S/C10H16O2/c1-3-7-4-8-6(2)10(11)12-9(8)5-7/h6-9H,3-5H2,1-2H3. The van der Waals surface area contributed by atoms with E-state index in [4.69, 9.17) is 4.74 Å². The van der Waals surface area contributed by atoms with Gasteiger partial charge in [0, 0.05) is 5.92 Å². The Morgan fingerprint density at radius 3 is 2.83 bits per heavy atom. The van der Waals surface area contributed by atoms with E-state index in [1.165, 1.54) is 12.8 Å². The third-order valence-corrected chi connectivity index (χ3v) is 3.51. The quantitative estimate of drug-likeness (QED) is 0.560. The minimum atomic E-state index is 0.0274. The van der Waals surface area contributed by atoms with E-state index in [1.54, 1.807) is 0 Å². The number of hydrogen-bond donors (Lipinski definition) is 0. The Balaban J connectivity index is 2.06. The van der Waals surface area contributed by atoms with Crippen molar-refractivity contribution >= 4 is 5.97 Å². The Morgan fingerprint density at radius 1 is 1.50 bits per heavy atom. The maximum absolute atomic E-state index is 11.2. The van der Waals surface area contributed by atoms with Crippen LogP contribution < -0.4 is 0 Å². The molecule has 12 heavy (non-hydrogen) atoms. The van der Waals surface area contributed by atoms with Crippen LogP contribution in [0.1, 0.15) is 33.1 Å². The van der Waals surface area contributed by atoms with Gasteiger partial charge in [-0.05, 0) is 18.8 Å². The van der Waals surface area contributed by atoms with Crippen molar-refractivity contribution in [3.05, 3.63) is 0 Å². The number of rotatable bonds is 1. The summed E-state index contributed by atoms with van der Waals surface area (Å²) >= 11 is 0. The second kappa shape index (κ2) is 2.75. The number of fused-ring (bicyclic) bond motifs is 1. The highest BCUT2D eigenvalue weighted by atomic mass is 16.6. The molecule has 0 aromatic heterocycles. The zero-order valence-corrected chi connectivity index (χ0v) is 7.75. The summed E-state index contributed by atoms with van der Waals surface area (Å²) in [7, 11) is 0. The maximum atomic E-state index is 11.2. The van der Waals surface area contributed by atoms with Crippen molar-refractivity contribution in [3.63, 3.8) is 0 Å². The van der Waals surface area contributed by atoms with Crippen LogP contribution in [0.4, 0.5) is 0 Å². The van der Waals surface area contributed by atoms with Gasteiger partial charge in [-0.1, -0.05) is 20.3 Å². The first-order chi connectivity index (χ1) is 5.72. The Hall–Kier alpha value is -0.530. The smallest absolute Gasteiger partial charge is 0.309 e. The average molecular weight is 168 g/mol. The van der Waals surface area contributed by atoms with Gasteiger partial charge in [-0.3, -0.25) is 4.79 Å². The van der Waals surface area contributed by atoms with Gasteiger partial charge in [-0.15, -0.1) is 0 Å². The second-order valence-corrected chi connectivity index (χ2v) is 4.17. The molecule has 1 saturated carbocycles. The summed E-state index contributed by atoms with van der Waals surface area (Å²) in [5.74, 6) is 1.52. The van der Waals surface area contributed by atoms with Crippen LogP contribution in [0.2, 0.25) is 0 Å². The molecule has 2 nitrogen and oxygen atoms in total. The second-order valence-electron chi connectivity index (χ2n) is 4.17. The molecule has 0 N–H and O–H groups in total. The summed E-state index contributed by atoms with van der Waals surface area (Å²) < 4.78 is 5.29. The molecule has 0 bridgehead atoms. The van der Waals surface area contributed by atoms with E-state index in [0.29, 0.717) is 5.92 Å². The molecular weight excluding hydrogens is 152 g/mol. The summed E-state index contributed by atoms with van der Waals surface area (Å²) in [4.78, 5) is 11.2. The highest BCUT2D eigenvalue weighted by molar-refractivity contribution is 5.75. The molecule has 1 aliphatic heterocycles. The lowest BCUT2D eigenvalue weighted by molar-refractivity contribution is -0.144. The van der Waals surface area contributed by atoms with Gasteiger partial charge in [0.25, 0.3) is 0 Å². The summed E-state index contributed by atoms with van der Waals surface area (Å²) in [5.41, 5.74) is 0. The third kappa shape index (κ3) is 1.05. The van der Waals surface area contributed by atoms with E-state index in [0.717, 1.165) is 12.3 Å². The van der Waals surface area contributed by atoms with E-state index in [-0.39, 0.29) is 18.0 Å². The Kier molecular flexibility index (Phi) is 1.85. The SMILES string of the molecule is CCC1CC2OC(=O)C(C)C2C1. The molecule has 4 atom stereocenters. The van der Waals surface area contributed by atoms with Crippen molar-refractivity contribution in [2.75, 3.05) is 0 Å². The van der Waals surface area contributed by atoms with Gasteiger partial charge in [0.1, 0.15) is 6.10 Å². The number of hydrogen-bond acceptors (Lipinski definition) is 2. The van der Waals surface area contributed by atoms with Crippen LogP contribution in [0.5, 0.6) is 0 Å². The van der Waals surface area contributed by atoms with Crippen LogP contribution in [0.25, 0.3) is 0 Å². The lowest BCUT2D eigenvalue weighted by Gasteiger charge is -2.08. The van der Waals surface area contributed by atoms with E-state index in [2.05, 4.69) is 6.92 Å². The molecule has 2 fully saturated rings.